The first-order chi connectivity index (χ1) is 10.3. The van der Waals surface area contributed by atoms with Crippen molar-refractivity contribution in [1.82, 2.24) is 10.2 Å². The number of hydrogen-bond acceptors (Lipinski definition) is 2. The number of piperidine rings is 1. The van der Waals surface area contributed by atoms with Gasteiger partial charge >= 0.3 is 0 Å². The number of likely N-dealkylation sites (tertiary alicyclic amines) is 1. The van der Waals surface area contributed by atoms with E-state index in [1.807, 2.05) is 7.05 Å². The normalized spacial score (nSPS) is 22.5. The highest BCUT2D eigenvalue weighted by Crippen LogP contribution is 2.44. The van der Waals surface area contributed by atoms with Crippen molar-refractivity contribution in [2.24, 2.45) is 5.41 Å². The molecule has 1 aromatic rings. The summed E-state index contributed by atoms with van der Waals surface area (Å²) >= 11 is 0. The second kappa shape index (κ2) is 6.93. The van der Waals surface area contributed by atoms with Crippen LogP contribution in [0.25, 0.3) is 0 Å². The Morgan fingerprint density at radius 1 is 0.905 bits per heavy atom. The van der Waals surface area contributed by atoms with Gasteiger partial charge in [-0.1, -0.05) is 43.5 Å². The average Bonchev–Trinajstić information content (AvgIpc) is 2.53. The first kappa shape index (κ1) is 15.1. The predicted molar refractivity (Wildman–Crippen MR) is 89.2 cm³/mol. The smallest absolute Gasteiger partial charge is 0.0233 e. The van der Waals surface area contributed by atoms with Gasteiger partial charge in [0.15, 0.2) is 0 Å². The molecule has 1 N–H and O–H groups in total. The Morgan fingerprint density at radius 3 is 2.14 bits per heavy atom. The van der Waals surface area contributed by atoms with Crippen LogP contribution >= 0.6 is 0 Å². The van der Waals surface area contributed by atoms with Crippen molar-refractivity contribution in [3.63, 3.8) is 0 Å². The molecule has 116 valence electrons. The van der Waals surface area contributed by atoms with Crippen LogP contribution in [-0.4, -0.2) is 25.0 Å². The van der Waals surface area contributed by atoms with E-state index in [4.69, 9.17) is 0 Å². The van der Waals surface area contributed by atoms with Crippen LogP contribution < -0.4 is 5.32 Å². The van der Waals surface area contributed by atoms with Gasteiger partial charge in [0.1, 0.15) is 0 Å². The van der Waals surface area contributed by atoms with Gasteiger partial charge in [-0.25, -0.2) is 0 Å². The second-order valence-electron chi connectivity index (χ2n) is 7.18. The largest absolute Gasteiger partial charge is 0.316 e. The number of nitrogens with one attached hydrogen (secondary N) is 1. The molecule has 2 nitrogen and oxygen atoms in total. The molecule has 0 amide bonds. The number of hydrogen-bond donors (Lipinski definition) is 1. The molecule has 0 radical (unpaired) electrons. The zero-order valence-electron chi connectivity index (χ0n) is 13.5. The maximum atomic E-state index is 3.21. The molecule has 2 heteroatoms. The van der Waals surface area contributed by atoms with Crippen LogP contribution in [0.3, 0.4) is 0 Å². The summed E-state index contributed by atoms with van der Waals surface area (Å²) in [5, 5.41) is 3.21. The molecule has 1 aliphatic carbocycles. The summed E-state index contributed by atoms with van der Waals surface area (Å²) in [6.07, 6.45) is 10.3. The topological polar surface area (TPSA) is 15.3 Å². The van der Waals surface area contributed by atoms with Gasteiger partial charge < -0.3 is 5.32 Å². The first-order valence-corrected chi connectivity index (χ1v) is 8.74. The second-order valence-corrected chi connectivity index (χ2v) is 7.18. The minimum absolute atomic E-state index is 0.728. The maximum absolute atomic E-state index is 3.21. The van der Waals surface area contributed by atoms with Crippen molar-refractivity contribution in [3.8, 4) is 0 Å². The molecule has 2 aliphatic rings. The van der Waals surface area contributed by atoms with Gasteiger partial charge in [0.2, 0.25) is 0 Å². The summed E-state index contributed by atoms with van der Waals surface area (Å²) < 4.78 is 0. The van der Waals surface area contributed by atoms with Crippen molar-refractivity contribution in [2.75, 3.05) is 20.1 Å². The van der Waals surface area contributed by atoms with Crippen molar-refractivity contribution >= 4 is 0 Å². The van der Waals surface area contributed by atoms with Crippen molar-refractivity contribution in [2.45, 2.75) is 58.0 Å². The van der Waals surface area contributed by atoms with E-state index in [0.29, 0.717) is 0 Å². The summed E-state index contributed by atoms with van der Waals surface area (Å²) in [5.41, 5.74) is 3.57. The molecule has 1 aliphatic heterocycles. The molecule has 1 spiro atoms. The van der Waals surface area contributed by atoms with Crippen molar-refractivity contribution in [1.29, 1.82) is 0 Å². The number of rotatable bonds is 4. The molecule has 0 atom stereocenters. The standard InChI is InChI=1S/C19H30N2/c1-20-15-17-5-7-18(8-6-17)16-21-13-11-19(12-14-21)9-3-2-4-10-19/h5-8,20H,2-4,9-16H2,1H3. The summed E-state index contributed by atoms with van der Waals surface area (Å²) in [6.45, 7) is 4.71. The lowest BCUT2D eigenvalue weighted by Crippen LogP contribution is -2.40. The van der Waals surface area contributed by atoms with Gasteiger partial charge in [0, 0.05) is 13.1 Å². The molecule has 1 saturated carbocycles. The maximum Gasteiger partial charge on any atom is 0.0233 e. The van der Waals surface area contributed by atoms with Gasteiger partial charge in [0.25, 0.3) is 0 Å². The minimum Gasteiger partial charge on any atom is -0.316 e. The molecule has 21 heavy (non-hydrogen) atoms. The zero-order chi connectivity index (χ0) is 14.5. The van der Waals surface area contributed by atoms with Crippen molar-refractivity contribution < 1.29 is 0 Å². The fourth-order valence-corrected chi connectivity index (χ4v) is 4.21. The van der Waals surface area contributed by atoms with Crippen LogP contribution in [0, 0.1) is 5.41 Å². The Hall–Kier alpha value is -0.860. The van der Waals surface area contributed by atoms with Crippen LogP contribution in [0.1, 0.15) is 56.1 Å². The summed E-state index contributed by atoms with van der Waals surface area (Å²) in [7, 11) is 2.00. The van der Waals surface area contributed by atoms with E-state index < -0.39 is 0 Å². The third-order valence-corrected chi connectivity index (χ3v) is 5.64. The van der Waals surface area contributed by atoms with Crippen LogP contribution in [0.15, 0.2) is 24.3 Å². The van der Waals surface area contributed by atoms with Crippen LogP contribution in [0.2, 0.25) is 0 Å². The monoisotopic (exact) mass is 286 g/mol. The lowest BCUT2D eigenvalue weighted by Gasteiger charge is -2.44. The molecule has 0 unspecified atom stereocenters. The third kappa shape index (κ3) is 3.87. The van der Waals surface area contributed by atoms with Gasteiger partial charge in [-0.05, 0) is 62.4 Å². The molecule has 3 rings (SSSR count). The quantitative estimate of drug-likeness (QED) is 0.901. The highest BCUT2D eigenvalue weighted by molar-refractivity contribution is 5.22. The lowest BCUT2D eigenvalue weighted by atomic mass is 9.68. The Kier molecular flexibility index (Phi) is 4.97. The van der Waals surface area contributed by atoms with E-state index in [-0.39, 0.29) is 0 Å². The van der Waals surface area contributed by atoms with E-state index >= 15 is 0 Å². The van der Waals surface area contributed by atoms with E-state index in [9.17, 15) is 0 Å². The lowest BCUT2D eigenvalue weighted by molar-refractivity contribution is 0.0641. The fourth-order valence-electron chi connectivity index (χ4n) is 4.21. The Bertz CT molecular complexity index is 421. The van der Waals surface area contributed by atoms with Gasteiger partial charge in [-0.15, -0.1) is 0 Å². The van der Waals surface area contributed by atoms with Crippen LogP contribution in [0.4, 0.5) is 0 Å². The molecule has 0 aromatic heterocycles. The molecular formula is C19H30N2. The minimum atomic E-state index is 0.728. The molecule has 0 bridgehead atoms. The molecule has 1 saturated heterocycles. The number of benzene rings is 1. The molecule has 1 heterocycles. The van der Waals surface area contributed by atoms with E-state index in [0.717, 1.165) is 18.5 Å². The SMILES string of the molecule is CNCc1ccc(CN2CCC3(CCCCC3)CC2)cc1. The van der Waals surface area contributed by atoms with Gasteiger partial charge in [-0.3, -0.25) is 4.90 Å². The van der Waals surface area contributed by atoms with Crippen LogP contribution in [-0.2, 0) is 13.1 Å². The Balaban J connectivity index is 1.50. The highest BCUT2D eigenvalue weighted by atomic mass is 15.1. The highest BCUT2D eigenvalue weighted by Gasteiger charge is 2.35. The summed E-state index contributed by atoms with van der Waals surface area (Å²) in [5.74, 6) is 0. The predicted octanol–water partition coefficient (Wildman–Crippen LogP) is 3.95. The van der Waals surface area contributed by atoms with E-state index in [1.165, 1.54) is 69.2 Å². The number of nitrogens with zero attached hydrogens (tertiary/aromatic N) is 1. The van der Waals surface area contributed by atoms with Gasteiger partial charge in [0.05, 0.1) is 0 Å². The summed E-state index contributed by atoms with van der Waals surface area (Å²) in [6, 6.07) is 9.13. The summed E-state index contributed by atoms with van der Waals surface area (Å²) in [4.78, 5) is 2.66. The fraction of sp³-hybridized carbons (Fsp3) is 0.684. The van der Waals surface area contributed by atoms with Crippen molar-refractivity contribution in [3.05, 3.63) is 35.4 Å². The van der Waals surface area contributed by atoms with E-state index in [2.05, 4.69) is 34.5 Å². The Morgan fingerprint density at radius 2 is 1.52 bits per heavy atom. The van der Waals surface area contributed by atoms with Crippen LogP contribution in [0.5, 0.6) is 0 Å². The average molecular weight is 286 g/mol. The molecule has 2 fully saturated rings. The molecular weight excluding hydrogens is 256 g/mol. The molecule has 1 aromatic carbocycles. The zero-order valence-corrected chi connectivity index (χ0v) is 13.5. The first-order valence-electron chi connectivity index (χ1n) is 8.74. The third-order valence-electron chi connectivity index (χ3n) is 5.64. The Labute approximate surface area is 129 Å². The van der Waals surface area contributed by atoms with Gasteiger partial charge in [-0.2, -0.15) is 0 Å². The van der Waals surface area contributed by atoms with E-state index in [1.54, 1.807) is 0 Å².